The number of benzene rings is 20. The summed E-state index contributed by atoms with van der Waals surface area (Å²) in [5, 5.41) is 58.9. The topological polar surface area (TPSA) is 193 Å². The maximum Gasteiger partial charge on any atom is 0.266 e. The van der Waals surface area contributed by atoms with Gasteiger partial charge in [-0.1, -0.05) is 165 Å². The van der Waals surface area contributed by atoms with Gasteiger partial charge in [-0.05, 0) is 347 Å². The molecular weight excluding hydrogens is 1610 g/mol. The van der Waals surface area contributed by atoms with Crippen LogP contribution in [-0.2, 0) is 0 Å². The van der Waals surface area contributed by atoms with Gasteiger partial charge in [0.15, 0.2) is 0 Å². The summed E-state index contributed by atoms with van der Waals surface area (Å²) in [5.41, 5.74) is 18.4. The summed E-state index contributed by atoms with van der Waals surface area (Å²) >= 11 is 0. The van der Waals surface area contributed by atoms with E-state index < -0.39 is 23.6 Å². The molecule has 0 aromatic heterocycles. The van der Waals surface area contributed by atoms with Crippen molar-refractivity contribution in [1.82, 2.24) is 0 Å². The summed E-state index contributed by atoms with van der Waals surface area (Å²) in [6.07, 6.45) is 8.89. The first-order valence-corrected chi connectivity index (χ1v) is 44.1. The molecule has 4 N–H and O–H groups in total. The number of ether oxygens (including phenoxy) is 4. The van der Waals surface area contributed by atoms with Crippen molar-refractivity contribution in [3.63, 3.8) is 0 Å². The van der Waals surface area contributed by atoms with Crippen molar-refractivity contribution >= 4 is 167 Å². The molecule has 0 unspecified atom stereocenters. The number of anilines is 2. The van der Waals surface area contributed by atoms with Crippen molar-refractivity contribution in [2.45, 2.75) is 79.1 Å². The van der Waals surface area contributed by atoms with Gasteiger partial charge in [0.2, 0.25) is 0 Å². The lowest BCUT2D eigenvalue weighted by Crippen LogP contribution is -2.42. The fourth-order valence-corrected chi connectivity index (χ4v) is 21.7. The molecule has 14 nitrogen and oxygen atoms in total. The molecule has 0 spiro atoms. The minimum absolute atomic E-state index is 0.0441. The van der Waals surface area contributed by atoms with Gasteiger partial charge in [-0.25, -0.2) is 9.80 Å². The van der Waals surface area contributed by atoms with Crippen molar-refractivity contribution in [3.05, 3.63) is 322 Å². The molecule has 20 aromatic rings. The highest BCUT2D eigenvalue weighted by molar-refractivity contribution is 6.48. The van der Waals surface area contributed by atoms with Gasteiger partial charge < -0.3 is 39.4 Å². The molecule has 20 aromatic carbocycles. The normalized spacial score (nSPS) is 13.6. The van der Waals surface area contributed by atoms with Gasteiger partial charge in [-0.15, -0.1) is 0 Å². The number of carbonyl (C=O) groups is 4. The molecule has 0 atom stereocenters. The number of imide groups is 2. The number of carbonyl (C=O) groups excluding carboxylic acids is 4. The molecule has 0 bridgehead atoms. The van der Waals surface area contributed by atoms with Crippen LogP contribution in [0.25, 0.3) is 177 Å². The summed E-state index contributed by atoms with van der Waals surface area (Å²) in [6, 6.07) is 81.0. The Morgan fingerprint density at radius 2 is 0.446 bits per heavy atom. The van der Waals surface area contributed by atoms with Gasteiger partial charge >= 0.3 is 0 Å². The van der Waals surface area contributed by atoms with Crippen LogP contribution >= 0.6 is 0 Å². The lowest BCUT2D eigenvalue weighted by atomic mass is 9.82. The minimum atomic E-state index is -0.477. The van der Waals surface area contributed by atoms with Crippen LogP contribution in [0.4, 0.5) is 11.4 Å². The summed E-state index contributed by atoms with van der Waals surface area (Å²) < 4.78 is 28.3. The summed E-state index contributed by atoms with van der Waals surface area (Å²) in [4.78, 5) is 66.6. The third-order valence-electron chi connectivity index (χ3n) is 27.6. The molecule has 2 aliphatic heterocycles. The molecule has 0 saturated heterocycles. The largest absolute Gasteiger partial charge is 0.508 e. The first-order chi connectivity index (χ1) is 63.0. The molecule has 130 heavy (non-hydrogen) atoms. The second kappa shape index (κ2) is 27.6. The van der Waals surface area contributed by atoms with Gasteiger partial charge in [0.05, 0.1) is 33.6 Å². The third-order valence-corrected chi connectivity index (χ3v) is 27.6. The number of amides is 4. The van der Waals surface area contributed by atoms with E-state index >= 15 is 19.2 Å². The lowest BCUT2D eigenvalue weighted by molar-refractivity contribution is 0.0877. The maximum absolute atomic E-state index is 16.0. The summed E-state index contributed by atoms with van der Waals surface area (Å²) in [5.74, 6) is 1.38. The van der Waals surface area contributed by atoms with Crippen LogP contribution in [0.15, 0.2) is 255 Å². The number of nitrogens with zero attached hydrogens (tertiary/aromatic N) is 2. The molecule has 25 rings (SSSR count). The SMILES string of the molecule is CC(C)c1cccc(C(C)C)c1N1C(=O)c2cc(Oc3ccc(O)cc3)c3c4ccc5c6c(ccc(c7c(Oc8ccc(O)cc8)cc(c2c37)C1=O)c64)-c1cc2cc3c(cc2cc1-5)C=Cc1cc2cc4c(cc2cc1C=C3)-c1ccc2c3c(Oc5ccc(O)cc5)cc5c6c(cc(Oc7ccc(O)cc7)c(c7ccc-4c1c72)c63)C(=O)N(c1c(C(C)C)cccc1C(C)C)C5=O. The second-order valence-electron chi connectivity index (χ2n) is 36.4. The molecule has 5 aliphatic rings. The molecule has 0 radical (unpaired) electrons. The number of hydrogen-bond acceptors (Lipinski definition) is 12. The van der Waals surface area contributed by atoms with Gasteiger partial charge in [-0.2, -0.15) is 0 Å². The Morgan fingerprint density at radius 3 is 0.669 bits per heavy atom. The molecule has 624 valence electrons. The van der Waals surface area contributed by atoms with E-state index in [1.165, 1.54) is 9.80 Å². The van der Waals surface area contributed by atoms with Crippen LogP contribution in [0.3, 0.4) is 0 Å². The van der Waals surface area contributed by atoms with Crippen LogP contribution < -0.4 is 28.7 Å². The van der Waals surface area contributed by atoms with Crippen LogP contribution in [0.5, 0.6) is 69.0 Å². The van der Waals surface area contributed by atoms with Crippen LogP contribution in [-0.4, -0.2) is 44.1 Å². The number of para-hydroxylation sites is 2. The zero-order chi connectivity index (χ0) is 88.3. The van der Waals surface area contributed by atoms with E-state index in [-0.39, 0.29) is 46.7 Å². The van der Waals surface area contributed by atoms with E-state index in [9.17, 15) is 20.4 Å². The van der Waals surface area contributed by atoms with Crippen molar-refractivity contribution in [2.24, 2.45) is 0 Å². The number of hydrogen-bond donors (Lipinski definition) is 4. The third kappa shape index (κ3) is 10.9. The Balaban J connectivity index is 0.623. The van der Waals surface area contributed by atoms with E-state index in [2.05, 4.69) is 177 Å². The minimum Gasteiger partial charge on any atom is -0.508 e. The fourth-order valence-electron chi connectivity index (χ4n) is 21.7. The van der Waals surface area contributed by atoms with E-state index in [0.29, 0.717) is 123 Å². The second-order valence-corrected chi connectivity index (χ2v) is 36.4. The van der Waals surface area contributed by atoms with Gasteiger partial charge in [0.25, 0.3) is 23.6 Å². The van der Waals surface area contributed by atoms with Crippen molar-refractivity contribution in [2.75, 3.05) is 9.80 Å². The van der Waals surface area contributed by atoms with Crippen molar-refractivity contribution in [3.8, 4) is 114 Å². The maximum atomic E-state index is 16.0. The monoisotopic (exact) mass is 1690 g/mol. The first kappa shape index (κ1) is 76.1. The van der Waals surface area contributed by atoms with Crippen LogP contribution in [0, 0.1) is 0 Å². The summed E-state index contributed by atoms with van der Waals surface area (Å²) in [6.45, 7) is 16.5. The molecule has 2 heterocycles. The Hall–Kier alpha value is -16.3. The smallest absolute Gasteiger partial charge is 0.266 e. The lowest BCUT2D eigenvalue weighted by Gasteiger charge is -2.33. The number of phenolic OH excluding ortho intramolecular Hbond substituents is 4. The first-order valence-electron chi connectivity index (χ1n) is 44.1. The van der Waals surface area contributed by atoms with Gasteiger partial charge in [-0.3, -0.25) is 19.2 Å². The van der Waals surface area contributed by atoms with E-state index in [1.54, 1.807) is 121 Å². The molecule has 0 saturated carbocycles. The molecule has 3 aliphatic carbocycles. The fraction of sp³-hybridized carbons (Fsp3) is 0.103. The standard InChI is InChI=1S/C116H78N2O12/c1-55(2)75-11-9-12-76(56(3)4)111(75)117-113(123)91-51-95(127-71-27-19-67(119)20-28-71)105-83-39-35-79-87-47-63-43-59-15-17-61-45-65-49-89-81-37-41-85-102-86(108-98(130-74-33-25-70(122)26-34-74)54-94-104-93(53-97(107(85)110(104)108)129-73-31-23-69(121)24-32-73)115(125)118(116(94)126)112-77(57(5)6)13-10-14-78(112)58(7)8)42-38-82(100(81)102)90(89)50-66(65)46-62(61)18-16-60(59)44-64(63)48-88(87)80-36-40-84(101(83)99(79)80)106-96(128-72-29-21-68(120)22-30-72)52-92(114(117)124)103(91)109(105)106/h9-58,119-122H,1-8H3. The van der Waals surface area contributed by atoms with Gasteiger partial charge in [0, 0.05) is 43.1 Å². The zero-order valence-electron chi connectivity index (χ0n) is 71.8. The Morgan fingerprint density at radius 1 is 0.223 bits per heavy atom. The van der Waals surface area contributed by atoms with E-state index in [1.807, 2.05) is 36.4 Å². The number of fused-ring (bicyclic) bond motifs is 14. The average Bonchev–Trinajstić information content (AvgIpc) is 0.967. The predicted molar refractivity (Wildman–Crippen MR) is 521 cm³/mol. The number of phenols is 4. The average molecular weight is 1690 g/mol. The molecular formula is C116H78N2O12. The quantitative estimate of drug-likeness (QED) is 0.0458. The highest BCUT2D eigenvalue weighted by Crippen LogP contribution is 2.62. The predicted octanol–water partition coefficient (Wildman–Crippen LogP) is 30.1. The van der Waals surface area contributed by atoms with Crippen molar-refractivity contribution in [1.29, 1.82) is 0 Å². The molecule has 0 fully saturated rings. The molecule has 4 amide bonds. The van der Waals surface area contributed by atoms with Crippen molar-refractivity contribution < 1.29 is 58.6 Å². The van der Waals surface area contributed by atoms with Crippen LogP contribution in [0.1, 0.15) is 165 Å². The molecule has 14 heteroatoms. The van der Waals surface area contributed by atoms with Gasteiger partial charge in [0.1, 0.15) is 69.0 Å². The number of aromatic hydroxyl groups is 4. The number of rotatable bonds is 14. The van der Waals surface area contributed by atoms with E-state index in [4.69, 9.17) is 18.9 Å². The Labute approximate surface area is 744 Å². The van der Waals surface area contributed by atoms with Crippen LogP contribution in [0.2, 0.25) is 0 Å². The zero-order valence-corrected chi connectivity index (χ0v) is 71.8. The Bertz CT molecular complexity index is 7680. The summed E-state index contributed by atoms with van der Waals surface area (Å²) in [7, 11) is 0. The Kier molecular flexibility index (Phi) is 16.2. The highest BCUT2D eigenvalue weighted by Gasteiger charge is 2.44. The van der Waals surface area contributed by atoms with E-state index in [0.717, 1.165) is 154 Å². The highest BCUT2D eigenvalue weighted by atomic mass is 16.5.